The highest BCUT2D eigenvalue weighted by Gasteiger charge is 2.20. The van der Waals surface area contributed by atoms with Gasteiger partial charge in [0, 0.05) is 11.5 Å². The van der Waals surface area contributed by atoms with Crippen molar-refractivity contribution in [3.63, 3.8) is 0 Å². The van der Waals surface area contributed by atoms with Gasteiger partial charge in [-0.15, -0.1) is 0 Å². The van der Waals surface area contributed by atoms with Crippen molar-refractivity contribution in [1.29, 1.82) is 0 Å². The Morgan fingerprint density at radius 1 is 1.67 bits per heavy atom. The smallest absolute Gasteiger partial charge is 0.175 e. The van der Waals surface area contributed by atoms with Gasteiger partial charge in [-0.05, 0) is 28.5 Å². The SMILES string of the molecule is COc1c(Br)cc(F)c(C(C)CN)c1O. The lowest BCUT2D eigenvalue weighted by molar-refractivity contribution is 0.362. The van der Waals surface area contributed by atoms with Crippen LogP contribution in [0, 0.1) is 5.82 Å². The highest BCUT2D eigenvalue weighted by Crippen LogP contribution is 2.41. The Bertz CT molecular complexity index is 371. The fourth-order valence-corrected chi connectivity index (χ4v) is 1.93. The molecule has 0 saturated heterocycles. The van der Waals surface area contributed by atoms with Gasteiger partial charge in [0.2, 0.25) is 0 Å². The Balaban J connectivity index is 3.38. The zero-order valence-corrected chi connectivity index (χ0v) is 10.1. The summed E-state index contributed by atoms with van der Waals surface area (Å²) in [7, 11) is 1.41. The number of phenolic OH excluding ortho intramolecular Hbond substituents is 1. The molecule has 0 amide bonds. The van der Waals surface area contributed by atoms with Crippen LogP contribution in [0.3, 0.4) is 0 Å². The van der Waals surface area contributed by atoms with Gasteiger partial charge in [-0.1, -0.05) is 6.92 Å². The first-order chi connectivity index (χ1) is 7.02. The van der Waals surface area contributed by atoms with Gasteiger partial charge < -0.3 is 15.6 Å². The summed E-state index contributed by atoms with van der Waals surface area (Å²) in [5, 5.41) is 9.80. The summed E-state index contributed by atoms with van der Waals surface area (Å²) in [6.07, 6.45) is 0. The summed E-state index contributed by atoms with van der Waals surface area (Å²) in [4.78, 5) is 0. The number of aromatic hydroxyl groups is 1. The summed E-state index contributed by atoms with van der Waals surface area (Å²) in [5.74, 6) is -0.709. The number of hydrogen-bond donors (Lipinski definition) is 2. The maximum absolute atomic E-state index is 13.6. The van der Waals surface area contributed by atoms with E-state index in [2.05, 4.69) is 15.9 Å². The second-order valence-corrected chi connectivity index (χ2v) is 4.13. The first-order valence-electron chi connectivity index (χ1n) is 4.47. The Morgan fingerprint density at radius 2 is 2.27 bits per heavy atom. The normalized spacial score (nSPS) is 12.6. The van der Waals surface area contributed by atoms with Crippen molar-refractivity contribution in [2.75, 3.05) is 13.7 Å². The molecule has 0 aliphatic heterocycles. The Labute approximate surface area is 96.2 Å². The number of halogens is 2. The third kappa shape index (κ3) is 2.23. The molecular formula is C10H13BrFNO2. The van der Waals surface area contributed by atoms with E-state index in [1.54, 1.807) is 6.92 Å². The molecule has 3 nitrogen and oxygen atoms in total. The van der Waals surface area contributed by atoms with Crippen molar-refractivity contribution in [2.45, 2.75) is 12.8 Å². The maximum Gasteiger partial charge on any atom is 0.175 e. The molecule has 0 heterocycles. The molecule has 0 aliphatic carbocycles. The van der Waals surface area contributed by atoms with Crippen molar-refractivity contribution in [1.82, 2.24) is 0 Å². The minimum absolute atomic E-state index is 0.192. The van der Waals surface area contributed by atoms with E-state index in [9.17, 15) is 9.50 Å². The number of ether oxygens (including phenoxy) is 1. The molecule has 84 valence electrons. The number of phenols is 1. The summed E-state index contributed by atoms with van der Waals surface area (Å²) >= 11 is 3.11. The minimum Gasteiger partial charge on any atom is -0.504 e. The van der Waals surface area contributed by atoms with E-state index in [4.69, 9.17) is 10.5 Å². The number of methoxy groups -OCH3 is 1. The molecule has 1 aromatic rings. The molecule has 1 rings (SSSR count). The average Bonchev–Trinajstić information content (AvgIpc) is 2.17. The second-order valence-electron chi connectivity index (χ2n) is 3.27. The standard InChI is InChI=1S/C10H13BrFNO2/c1-5(4-13)8-7(12)3-6(11)10(15-2)9(8)14/h3,5,14H,4,13H2,1-2H3. The van der Waals surface area contributed by atoms with E-state index >= 15 is 0 Å². The number of benzene rings is 1. The van der Waals surface area contributed by atoms with E-state index in [0.29, 0.717) is 4.47 Å². The largest absolute Gasteiger partial charge is 0.504 e. The summed E-state index contributed by atoms with van der Waals surface area (Å²) in [5.41, 5.74) is 5.63. The topological polar surface area (TPSA) is 55.5 Å². The van der Waals surface area contributed by atoms with Gasteiger partial charge in [-0.2, -0.15) is 0 Å². The lowest BCUT2D eigenvalue weighted by Gasteiger charge is -2.15. The molecular weight excluding hydrogens is 265 g/mol. The van der Waals surface area contributed by atoms with E-state index in [0.717, 1.165) is 0 Å². The van der Waals surface area contributed by atoms with Crippen LogP contribution in [0.25, 0.3) is 0 Å². The molecule has 5 heteroatoms. The van der Waals surface area contributed by atoms with Crippen molar-refractivity contribution in [3.8, 4) is 11.5 Å². The quantitative estimate of drug-likeness (QED) is 0.892. The molecule has 0 radical (unpaired) electrons. The Kier molecular flexibility index (Phi) is 3.93. The Hall–Kier alpha value is -0.810. The number of nitrogens with two attached hydrogens (primary N) is 1. The van der Waals surface area contributed by atoms with Crippen molar-refractivity contribution in [3.05, 3.63) is 21.9 Å². The second kappa shape index (κ2) is 4.81. The van der Waals surface area contributed by atoms with Crippen LogP contribution in [0.1, 0.15) is 18.4 Å². The minimum atomic E-state index is -0.488. The van der Waals surface area contributed by atoms with Gasteiger partial charge in [-0.3, -0.25) is 0 Å². The molecule has 15 heavy (non-hydrogen) atoms. The van der Waals surface area contributed by atoms with Gasteiger partial charge >= 0.3 is 0 Å². The van der Waals surface area contributed by atoms with Crippen molar-refractivity contribution in [2.24, 2.45) is 5.73 Å². The molecule has 3 N–H and O–H groups in total. The highest BCUT2D eigenvalue weighted by molar-refractivity contribution is 9.10. The lowest BCUT2D eigenvalue weighted by atomic mass is 9.99. The van der Waals surface area contributed by atoms with Crippen molar-refractivity contribution >= 4 is 15.9 Å². The van der Waals surface area contributed by atoms with Crippen LogP contribution in [0.2, 0.25) is 0 Å². The van der Waals surface area contributed by atoms with Crippen molar-refractivity contribution < 1.29 is 14.2 Å². The Morgan fingerprint density at radius 3 is 2.73 bits per heavy atom. The molecule has 0 aliphatic rings. The molecule has 0 aromatic heterocycles. The van der Waals surface area contributed by atoms with Crippen LogP contribution in [-0.4, -0.2) is 18.8 Å². The molecule has 1 atom stereocenters. The monoisotopic (exact) mass is 277 g/mol. The van der Waals surface area contributed by atoms with Crippen LogP contribution >= 0.6 is 15.9 Å². The van der Waals surface area contributed by atoms with E-state index in [1.165, 1.54) is 13.2 Å². The summed E-state index contributed by atoms with van der Waals surface area (Å²) in [6.45, 7) is 2.00. The summed E-state index contributed by atoms with van der Waals surface area (Å²) in [6, 6.07) is 1.26. The first kappa shape index (κ1) is 12.3. The van der Waals surface area contributed by atoms with Gasteiger partial charge in [0.1, 0.15) is 5.82 Å². The molecule has 1 aromatic carbocycles. The first-order valence-corrected chi connectivity index (χ1v) is 5.27. The van der Waals surface area contributed by atoms with Crippen LogP contribution in [0.15, 0.2) is 10.5 Å². The molecule has 0 saturated carbocycles. The predicted molar refractivity (Wildman–Crippen MR) is 59.8 cm³/mol. The molecule has 1 unspecified atom stereocenters. The summed E-state index contributed by atoms with van der Waals surface area (Å²) < 4.78 is 18.9. The van der Waals surface area contributed by atoms with E-state index in [1.807, 2.05) is 0 Å². The fraction of sp³-hybridized carbons (Fsp3) is 0.400. The van der Waals surface area contributed by atoms with Crippen LogP contribution < -0.4 is 10.5 Å². The highest BCUT2D eigenvalue weighted by atomic mass is 79.9. The van der Waals surface area contributed by atoms with Gasteiger partial charge in [0.15, 0.2) is 11.5 Å². The van der Waals surface area contributed by atoms with Gasteiger partial charge in [0.05, 0.1) is 11.6 Å². The third-order valence-electron chi connectivity index (χ3n) is 2.25. The molecule has 0 fully saturated rings. The predicted octanol–water partition coefficient (Wildman–Crippen LogP) is 2.36. The van der Waals surface area contributed by atoms with Crippen LogP contribution in [0.4, 0.5) is 4.39 Å². The average molecular weight is 278 g/mol. The lowest BCUT2D eigenvalue weighted by Crippen LogP contribution is -2.11. The maximum atomic E-state index is 13.6. The third-order valence-corrected chi connectivity index (χ3v) is 2.84. The van der Waals surface area contributed by atoms with E-state index in [-0.39, 0.29) is 29.5 Å². The van der Waals surface area contributed by atoms with Crippen LogP contribution in [-0.2, 0) is 0 Å². The zero-order valence-electron chi connectivity index (χ0n) is 8.55. The number of rotatable bonds is 3. The zero-order chi connectivity index (χ0) is 11.6. The number of hydrogen-bond acceptors (Lipinski definition) is 3. The molecule has 0 spiro atoms. The van der Waals surface area contributed by atoms with Gasteiger partial charge in [-0.25, -0.2) is 4.39 Å². The fourth-order valence-electron chi connectivity index (χ4n) is 1.38. The molecule has 0 bridgehead atoms. The van der Waals surface area contributed by atoms with Crippen LogP contribution in [0.5, 0.6) is 11.5 Å². The van der Waals surface area contributed by atoms with E-state index < -0.39 is 5.82 Å². The van der Waals surface area contributed by atoms with Gasteiger partial charge in [0.25, 0.3) is 0 Å².